The summed E-state index contributed by atoms with van der Waals surface area (Å²) in [5.74, 6) is -1.02. The number of aryl methyl sites for hydroxylation is 1. The van der Waals surface area contributed by atoms with Crippen LogP contribution in [-0.4, -0.2) is 48.5 Å². The van der Waals surface area contributed by atoms with Gasteiger partial charge < -0.3 is 15.4 Å². The largest absolute Gasteiger partial charge is 0.382 e. The predicted molar refractivity (Wildman–Crippen MR) is 85.3 cm³/mol. The molecule has 0 aromatic heterocycles. The molecule has 0 saturated carbocycles. The molecule has 1 aliphatic heterocycles. The van der Waals surface area contributed by atoms with Crippen LogP contribution in [0.25, 0.3) is 0 Å². The highest BCUT2D eigenvalue weighted by Gasteiger charge is 2.48. The van der Waals surface area contributed by atoms with Gasteiger partial charge in [0.15, 0.2) is 0 Å². The third-order valence-electron chi connectivity index (χ3n) is 3.48. The van der Waals surface area contributed by atoms with E-state index < -0.39 is 29.9 Å². The fraction of sp³-hybridized carbons (Fsp3) is 0.400. The summed E-state index contributed by atoms with van der Waals surface area (Å²) >= 11 is 6.04. The molecule has 1 aliphatic rings. The van der Waals surface area contributed by atoms with Crippen molar-refractivity contribution in [2.24, 2.45) is 0 Å². The molecule has 23 heavy (non-hydrogen) atoms. The van der Waals surface area contributed by atoms with E-state index in [0.717, 1.165) is 10.5 Å². The van der Waals surface area contributed by atoms with Gasteiger partial charge in [0.05, 0.1) is 17.3 Å². The van der Waals surface area contributed by atoms with E-state index in [1.54, 1.807) is 25.1 Å². The summed E-state index contributed by atoms with van der Waals surface area (Å²) in [7, 11) is 1.43. The lowest BCUT2D eigenvalue weighted by molar-refractivity contribution is -0.134. The number of nitrogens with zero attached hydrogens (tertiary/aromatic N) is 1. The first-order valence-electron chi connectivity index (χ1n) is 6.96. The SMILES string of the molecule is COC[C@@]1(C)NC(=O)N(CC(=O)Nc2ccc(C)cc2Cl)C1=O. The van der Waals surface area contributed by atoms with Crippen LogP contribution in [0.1, 0.15) is 12.5 Å². The molecule has 1 aromatic carbocycles. The zero-order chi connectivity index (χ0) is 17.2. The average molecular weight is 340 g/mol. The Kier molecular flexibility index (Phi) is 4.91. The summed E-state index contributed by atoms with van der Waals surface area (Å²) in [6.07, 6.45) is 0. The lowest BCUT2D eigenvalue weighted by Gasteiger charge is -2.20. The van der Waals surface area contributed by atoms with Crippen LogP contribution in [-0.2, 0) is 14.3 Å². The van der Waals surface area contributed by atoms with E-state index in [1.165, 1.54) is 7.11 Å². The number of hydrogen-bond donors (Lipinski definition) is 2. The second-order valence-corrected chi connectivity index (χ2v) is 6.03. The highest BCUT2D eigenvalue weighted by atomic mass is 35.5. The Hall–Kier alpha value is -2.12. The second-order valence-electron chi connectivity index (χ2n) is 5.62. The van der Waals surface area contributed by atoms with Gasteiger partial charge in [-0.1, -0.05) is 17.7 Å². The van der Waals surface area contributed by atoms with Gasteiger partial charge in [-0.3, -0.25) is 14.5 Å². The molecule has 1 atom stereocenters. The second kappa shape index (κ2) is 6.55. The minimum absolute atomic E-state index is 0.0273. The fourth-order valence-electron chi connectivity index (χ4n) is 2.33. The molecule has 0 aliphatic carbocycles. The van der Waals surface area contributed by atoms with E-state index in [-0.39, 0.29) is 6.61 Å². The maximum absolute atomic E-state index is 12.3. The first kappa shape index (κ1) is 17.2. The molecule has 1 aromatic rings. The van der Waals surface area contributed by atoms with E-state index >= 15 is 0 Å². The van der Waals surface area contributed by atoms with E-state index in [4.69, 9.17) is 16.3 Å². The third-order valence-corrected chi connectivity index (χ3v) is 3.79. The maximum Gasteiger partial charge on any atom is 0.325 e. The monoisotopic (exact) mass is 339 g/mol. The molecule has 4 amide bonds. The molecule has 0 radical (unpaired) electrons. The number of carbonyl (C=O) groups excluding carboxylic acids is 3. The highest BCUT2D eigenvalue weighted by Crippen LogP contribution is 2.23. The number of hydrogen-bond acceptors (Lipinski definition) is 4. The highest BCUT2D eigenvalue weighted by molar-refractivity contribution is 6.33. The van der Waals surface area contributed by atoms with Gasteiger partial charge in [0.25, 0.3) is 5.91 Å². The van der Waals surface area contributed by atoms with Crippen LogP contribution in [0.3, 0.4) is 0 Å². The van der Waals surface area contributed by atoms with Crippen molar-refractivity contribution < 1.29 is 19.1 Å². The van der Waals surface area contributed by atoms with Crippen molar-refractivity contribution >= 4 is 35.1 Å². The molecule has 1 saturated heterocycles. The minimum atomic E-state index is -1.16. The molecule has 0 unspecified atom stereocenters. The molecule has 1 fully saturated rings. The smallest absolute Gasteiger partial charge is 0.325 e. The number of nitrogens with one attached hydrogen (secondary N) is 2. The van der Waals surface area contributed by atoms with Gasteiger partial charge in [-0.25, -0.2) is 4.79 Å². The molecular formula is C15H18ClN3O4. The van der Waals surface area contributed by atoms with Crippen molar-refractivity contribution in [2.75, 3.05) is 25.6 Å². The number of anilines is 1. The van der Waals surface area contributed by atoms with Crippen molar-refractivity contribution in [1.82, 2.24) is 10.2 Å². The zero-order valence-corrected chi connectivity index (χ0v) is 13.9. The summed E-state index contributed by atoms with van der Waals surface area (Å²) in [5.41, 5.74) is 0.222. The molecule has 2 N–H and O–H groups in total. The summed E-state index contributed by atoms with van der Waals surface area (Å²) in [6.45, 7) is 3.06. The third kappa shape index (κ3) is 3.62. The van der Waals surface area contributed by atoms with Gasteiger partial charge in [0, 0.05) is 7.11 Å². The Bertz CT molecular complexity index is 664. The summed E-state index contributed by atoms with van der Waals surface area (Å²) in [4.78, 5) is 37.1. The first-order chi connectivity index (χ1) is 10.8. The lowest BCUT2D eigenvalue weighted by atomic mass is 10.0. The number of amides is 4. The van der Waals surface area contributed by atoms with Gasteiger partial charge >= 0.3 is 6.03 Å². The van der Waals surface area contributed by atoms with Crippen molar-refractivity contribution in [3.8, 4) is 0 Å². The van der Waals surface area contributed by atoms with Crippen LogP contribution in [0.4, 0.5) is 10.5 Å². The van der Waals surface area contributed by atoms with Gasteiger partial charge in [0.2, 0.25) is 5.91 Å². The molecule has 7 nitrogen and oxygen atoms in total. The predicted octanol–water partition coefficient (Wildman–Crippen LogP) is 1.54. The van der Waals surface area contributed by atoms with E-state index in [0.29, 0.717) is 10.7 Å². The van der Waals surface area contributed by atoms with Crippen molar-refractivity contribution in [3.05, 3.63) is 28.8 Å². The lowest BCUT2D eigenvalue weighted by Crippen LogP contribution is -2.48. The standard InChI is InChI=1S/C15H18ClN3O4/c1-9-4-5-11(10(16)6-9)17-12(20)7-19-13(21)15(2,8-23-3)18-14(19)22/h4-6H,7-8H2,1-3H3,(H,17,20)(H,18,22)/t15-/m1/s1. The molecule has 0 bridgehead atoms. The average Bonchev–Trinajstić information content (AvgIpc) is 2.66. The number of imide groups is 1. The Morgan fingerprint density at radius 2 is 2.13 bits per heavy atom. The van der Waals surface area contributed by atoms with Crippen LogP contribution >= 0.6 is 11.6 Å². The van der Waals surface area contributed by atoms with Gasteiger partial charge in [-0.05, 0) is 31.5 Å². The van der Waals surface area contributed by atoms with Crippen molar-refractivity contribution in [3.63, 3.8) is 0 Å². The number of carbonyl (C=O) groups is 3. The van der Waals surface area contributed by atoms with Crippen molar-refractivity contribution in [2.45, 2.75) is 19.4 Å². The maximum atomic E-state index is 12.3. The van der Waals surface area contributed by atoms with Crippen LogP contribution in [0.2, 0.25) is 5.02 Å². The van der Waals surface area contributed by atoms with Gasteiger partial charge in [-0.15, -0.1) is 0 Å². The molecule has 2 rings (SSSR count). The van der Waals surface area contributed by atoms with E-state index in [2.05, 4.69) is 10.6 Å². The first-order valence-corrected chi connectivity index (χ1v) is 7.33. The van der Waals surface area contributed by atoms with Gasteiger partial charge in [0.1, 0.15) is 12.1 Å². The fourth-order valence-corrected chi connectivity index (χ4v) is 2.61. The minimum Gasteiger partial charge on any atom is -0.382 e. The topological polar surface area (TPSA) is 87.7 Å². The van der Waals surface area contributed by atoms with Gasteiger partial charge in [-0.2, -0.15) is 0 Å². The quantitative estimate of drug-likeness (QED) is 0.797. The van der Waals surface area contributed by atoms with Crippen LogP contribution < -0.4 is 10.6 Å². The Morgan fingerprint density at radius 1 is 1.43 bits per heavy atom. The molecular weight excluding hydrogens is 322 g/mol. The molecule has 1 heterocycles. The number of benzene rings is 1. The summed E-state index contributed by atoms with van der Waals surface area (Å²) < 4.78 is 4.94. The number of halogens is 1. The Morgan fingerprint density at radius 3 is 2.74 bits per heavy atom. The summed E-state index contributed by atoms with van der Waals surface area (Å²) in [5, 5.41) is 5.50. The number of urea groups is 1. The Balaban J connectivity index is 2.05. The Labute approximate surface area is 138 Å². The summed E-state index contributed by atoms with van der Waals surface area (Å²) in [6, 6.07) is 4.54. The number of methoxy groups -OCH3 is 1. The number of rotatable bonds is 5. The van der Waals surface area contributed by atoms with E-state index in [9.17, 15) is 14.4 Å². The van der Waals surface area contributed by atoms with Crippen LogP contribution in [0.5, 0.6) is 0 Å². The number of ether oxygens (including phenoxy) is 1. The molecule has 124 valence electrons. The van der Waals surface area contributed by atoms with Crippen LogP contribution in [0.15, 0.2) is 18.2 Å². The van der Waals surface area contributed by atoms with Crippen molar-refractivity contribution in [1.29, 1.82) is 0 Å². The molecule has 8 heteroatoms. The normalized spacial score (nSPS) is 20.6. The molecule has 0 spiro atoms. The van der Waals surface area contributed by atoms with E-state index in [1.807, 2.05) is 6.92 Å². The zero-order valence-electron chi connectivity index (χ0n) is 13.1. The van der Waals surface area contributed by atoms with Crippen LogP contribution in [0, 0.1) is 6.92 Å².